The van der Waals surface area contributed by atoms with Gasteiger partial charge in [-0.15, -0.1) is 0 Å². The summed E-state index contributed by atoms with van der Waals surface area (Å²) in [5.74, 6) is 0. The highest BCUT2D eigenvalue weighted by molar-refractivity contribution is 9.10. The maximum absolute atomic E-state index is 4.85. The van der Waals surface area contributed by atoms with Gasteiger partial charge in [0.05, 0.1) is 5.52 Å². The number of halogens is 1. The number of benzene rings is 1. The smallest absolute Gasteiger partial charge is 0.0709 e. The van der Waals surface area contributed by atoms with Crippen molar-refractivity contribution in [1.82, 2.24) is 10.3 Å². The van der Waals surface area contributed by atoms with Crippen molar-refractivity contribution in [3.05, 3.63) is 39.5 Å². The zero-order valence-electron chi connectivity index (χ0n) is 10.6. The first-order valence-corrected chi connectivity index (χ1v) is 7.33. The minimum atomic E-state index is 0.928. The second kappa shape index (κ2) is 4.98. The van der Waals surface area contributed by atoms with E-state index in [2.05, 4.69) is 39.4 Å². The minimum Gasteiger partial charge on any atom is -0.316 e. The second-order valence-corrected chi connectivity index (χ2v) is 5.83. The molecule has 3 heteroatoms. The summed E-state index contributed by atoms with van der Waals surface area (Å²) in [6.45, 7) is 0.928. The average Bonchev–Trinajstić information content (AvgIpc) is 2.39. The molecule has 0 amide bonds. The molecule has 1 aromatic heterocycles. The standard InChI is InChI=1S/C15H17BrN2/c1-17-9-13-11-4-2-3-5-14(11)18-15-7-6-10(16)8-12(13)15/h6-8,17H,2-5,9H2,1H3. The summed E-state index contributed by atoms with van der Waals surface area (Å²) in [7, 11) is 2.01. The van der Waals surface area contributed by atoms with Gasteiger partial charge in [-0.1, -0.05) is 15.9 Å². The molecule has 0 unspecified atom stereocenters. The Balaban J connectivity index is 2.30. The van der Waals surface area contributed by atoms with Crippen LogP contribution in [0.15, 0.2) is 22.7 Å². The van der Waals surface area contributed by atoms with Crippen molar-refractivity contribution in [1.29, 1.82) is 0 Å². The Labute approximate surface area is 116 Å². The monoisotopic (exact) mass is 304 g/mol. The van der Waals surface area contributed by atoms with E-state index in [0.29, 0.717) is 0 Å². The molecule has 3 rings (SSSR count). The Morgan fingerprint density at radius 2 is 2.11 bits per heavy atom. The van der Waals surface area contributed by atoms with Crippen LogP contribution < -0.4 is 5.32 Å². The molecule has 1 aliphatic carbocycles. The largest absolute Gasteiger partial charge is 0.316 e. The Morgan fingerprint density at radius 3 is 2.94 bits per heavy atom. The summed E-state index contributed by atoms with van der Waals surface area (Å²) >= 11 is 3.57. The van der Waals surface area contributed by atoms with E-state index in [0.717, 1.165) is 23.0 Å². The van der Waals surface area contributed by atoms with Crippen molar-refractivity contribution in [2.24, 2.45) is 0 Å². The maximum Gasteiger partial charge on any atom is 0.0709 e. The lowest BCUT2D eigenvalue weighted by Gasteiger charge is -2.20. The van der Waals surface area contributed by atoms with Crippen LogP contribution in [0.4, 0.5) is 0 Å². The van der Waals surface area contributed by atoms with Crippen molar-refractivity contribution in [3.63, 3.8) is 0 Å². The number of aromatic nitrogens is 1. The third kappa shape index (κ3) is 2.06. The van der Waals surface area contributed by atoms with E-state index < -0.39 is 0 Å². The number of nitrogens with zero attached hydrogens (tertiary/aromatic N) is 1. The van der Waals surface area contributed by atoms with Crippen molar-refractivity contribution >= 4 is 26.8 Å². The lowest BCUT2D eigenvalue weighted by molar-refractivity contribution is 0.659. The highest BCUT2D eigenvalue weighted by Crippen LogP contribution is 2.30. The van der Waals surface area contributed by atoms with Gasteiger partial charge in [-0.3, -0.25) is 4.98 Å². The summed E-state index contributed by atoms with van der Waals surface area (Å²) < 4.78 is 1.13. The second-order valence-electron chi connectivity index (χ2n) is 4.91. The quantitative estimate of drug-likeness (QED) is 0.917. The highest BCUT2D eigenvalue weighted by Gasteiger charge is 2.17. The van der Waals surface area contributed by atoms with E-state index >= 15 is 0 Å². The molecule has 2 nitrogen and oxygen atoms in total. The normalized spacial score (nSPS) is 14.8. The van der Waals surface area contributed by atoms with Gasteiger partial charge in [0.25, 0.3) is 0 Å². The first-order chi connectivity index (χ1) is 8.79. The lowest BCUT2D eigenvalue weighted by Crippen LogP contribution is -2.14. The molecular formula is C15H17BrN2. The van der Waals surface area contributed by atoms with Crippen LogP contribution in [0.3, 0.4) is 0 Å². The number of pyridine rings is 1. The predicted molar refractivity (Wildman–Crippen MR) is 78.8 cm³/mol. The molecule has 0 saturated carbocycles. The fraction of sp³-hybridized carbons (Fsp3) is 0.400. The molecular weight excluding hydrogens is 288 g/mol. The van der Waals surface area contributed by atoms with Crippen LogP contribution in [-0.2, 0) is 19.4 Å². The molecule has 0 spiro atoms. The molecule has 1 N–H and O–H groups in total. The average molecular weight is 305 g/mol. The molecule has 0 bridgehead atoms. The van der Waals surface area contributed by atoms with Crippen LogP contribution in [-0.4, -0.2) is 12.0 Å². The van der Waals surface area contributed by atoms with Crippen molar-refractivity contribution in [3.8, 4) is 0 Å². The first kappa shape index (κ1) is 12.1. The predicted octanol–water partition coefficient (Wildman–Crippen LogP) is 3.60. The van der Waals surface area contributed by atoms with Gasteiger partial charge >= 0.3 is 0 Å². The molecule has 1 aromatic carbocycles. The summed E-state index contributed by atoms with van der Waals surface area (Å²) in [6.07, 6.45) is 4.89. The molecule has 1 heterocycles. The number of hydrogen-bond acceptors (Lipinski definition) is 2. The van der Waals surface area contributed by atoms with Gasteiger partial charge in [0, 0.05) is 22.1 Å². The third-order valence-electron chi connectivity index (χ3n) is 3.70. The fourth-order valence-corrected chi connectivity index (χ4v) is 3.23. The zero-order valence-corrected chi connectivity index (χ0v) is 12.2. The molecule has 2 aromatic rings. The maximum atomic E-state index is 4.85. The molecule has 1 aliphatic rings. The van der Waals surface area contributed by atoms with Gasteiger partial charge in [-0.25, -0.2) is 0 Å². The van der Waals surface area contributed by atoms with Crippen molar-refractivity contribution in [2.75, 3.05) is 7.05 Å². The number of fused-ring (bicyclic) bond motifs is 2. The summed E-state index contributed by atoms with van der Waals surface area (Å²) in [5, 5.41) is 4.59. The summed E-state index contributed by atoms with van der Waals surface area (Å²) in [5.41, 5.74) is 5.38. The summed E-state index contributed by atoms with van der Waals surface area (Å²) in [6, 6.07) is 6.39. The fourth-order valence-electron chi connectivity index (χ4n) is 2.87. The van der Waals surface area contributed by atoms with Crippen LogP contribution >= 0.6 is 15.9 Å². The van der Waals surface area contributed by atoms with Gasteiger partial charge in [0.15, 0.2) is 0 Å². The molecule has 0 radical (unpaired) electrons. The van der Waals surface area contributed by atoms with Gasteiger partial charge in [-0.2, -0.15) is 0 Å². The Hall–Kier alpha value is -0.930. The number of rotatable bonds is 2. The number of nitrogens with one attached hydrogen (secondary N) is 1. The molecule has 0 fully saturated rings. The Morgan fingerprint density at radius 1 is 1.28 bits per heavy atom. The SMILES string of the molecule is CNCc1c2c(nc3ccc(Br)cc13)CCCC2. The molecule has 18 heavy (non-hydrogen) atoms. The number of hydrogen-bond donors (Lipinski definition) is 1. The topological polar surface area (TPSA) is 24.9 Å². The van der Waals surface area contributed by atoms with Gasteiger partial charge in [0.1, 0.15) is 0 Å². The van der Waals surface area contributed by atoms with E-state index in [1.54, 1.807) is 0 Å². The van der Waals surface area contributed by atoms with Crippen LogP contribution in [0, 0.1) is 0 Å². The first-order valence-electron chi connectivity index (χ1n) is 6.54. The summed E-state index contributed by atoms with van der Waals surface area (Å²) in [4.78, 5) is 4.85. The molecule has 0 aliphatic heterocycles. The van der Waals surface area contributed by atoms with E-state index in [4.69, 9.17) is 4.98 Å². The lowest BCUT2D eigenvalue weighted by atomic mass is 9.90. The van der Waals surface area contributed by atoms with Gasteiger partial charge in [0.2, 0.25) is 0 Å². The van der Waals surface area contributed by atoms with Gasteiger partial charge in [-0.05, 0) is 62.1 Å². The van der Waals surface area contributed by atoms with Crippen LogP contribution in [0.5, 0.6) is 0 Å². The molecule has 0 saturated heterocycles. The van der Waals surface area contributed by atoms with Crippen LogP contribution in [0.25, 0.3) is 10.9 Å². The Bertz CT molecular complexity index is 593. The van der Waals surface area contributed by atoms with Crippen molar-refractivity contribution in [2.45, 2.75) is 32.2 Å². The zero-order chi connectivity index (χ0) is 12.5. The molecule has 94 valence electrons. The van der Waals surface area contributed by atoms with Gasteiger partial charge < -0.3 is 5.32 Å². The third-order valence-corrected chi connectivity index (χ3v) is 4.19. The Kier molecular flexibility index (Phi) is 3.35. The van der Waals surface area contributed by atoms with E-state index in [1.165, 1.54) is 41.5 Å². The highest BCUT2D eigenvalue weighted by atomic mass is 79.9. The number of aryl methyl sites for hydroxylation is 1. The van der Waals surface area contributed by atoms with Crippen LogP contribution in [0.1, 0.15) is 29.7 Å². The van der Waals surface area contributed by atoms with Crippen molar-refractivity contribution < 1.29 is 0 Å². The van der Waals surface area contributed by atoms with E-state index in [-0.39, 0.29) is 0 Å². The minimum absolute atomic E-state index is 0.928. The molecule has 0 atom stereocenters. The van der Waals surface area contributed by atoms with E-state index in [1.807, 2.05) is 7.05 Å². The van der Waals surface area contributed by atoms with Crippen LogP contribution in [0.2, 0.25) is 0 Å². The van der Waals surface area contributed by atoms with E-state index in [9.17, 15) is 0 Å².